The minimum Gasteiger partial charge on any atom is -0.484 e. The molecule has 0 aromatic heterocycles. The van der Waals surface area contributed by atoms with Gasteiger partial charge in [0.2, 0.25) is 0 Å². The highest BCUT2D eigenvalue weighted by molar-refractivity contribution is 9.10. The second-order valence-corrected chi connectivity index (χ2v) is 3.92. The normalized spacial score (nSPS) is 9.25. The van der Waals surface area contributed by atoms with Gasteiger partial charge in [0.1, 0.15) is 5.75 Å². The number of hydrogen-bond donors (Lipinski definition) is 1. The molecule has 1 N–H and O–H groups in total. The van der Waals surface area contributed by atoms with E-state index in [1.807, 2.05) is 18.2 Å². The monoisotopic (exact) mass is 282 g/mol. The third-order valence-electron chi connectivity index (χ3n) is 1.74. The zero-order valence-corrected chi connectivity index (χ0v) is 10.2. The average molecular weight is 283 g/mol. The van der Waals surface area contributed by atoms with E-state index in [0.29, 0.717) is 18.7 Å². The van der Waals surface area contributed by atoms with Gasteiger partial charge in [0.25, 0.3) is 5.91 Å². The first-order valence-electron chi connectivity index (χ1n) is 4.74. The van der Waals surface area contributed by atoms with E-state index in [0.717, 1.165) is 4.47 Å². The highest BCUT2D eigenvalue weighted by Gasteiger charge is 2.01. The number of carbonyl (C=O) groups is 1. The van der Waals surface area contributed by atoms with Crippen molar-refractivity contribution in [2.75, 3.05) is 13.2 Å². The van der Waals surface area contributed by atoms with E-state index in [9.17, 15) is 4.79 Å². The molecule has 0 saturated carbocycles. The lowest BCUT2D eigenvalue weighted by atomic mass is 10.3. The molecule has 84 valence electrons. The molecule has 1 aromatic carbocycles. The average Bonchev–Trinajstić information content (AvgIpc) is 2.29. The molecule has 0 spiro atoms. The molecule has 0 bridgehead atoms. The summed E-state index contributed by atoms with van der Waals surface area (Å²) in [5.74, 6) is 0.414. The van der Waals surface area contributed by atoms with Crippen LogP contribution in [-0.2, 0) is 4.79 Å². The van der Waals surface area contributed by atoms with Crippen LogP contribution in [0.4, 0.5) is 0 Å². The van der Waals surface area contributed by atoms with Gasteiger partial charge in [0.05, 0.1) is 12.5 Å². The number of carbonyl (C=O) groups excluding carboxylic acids is 1. The summed E-state index contributed by atoms with van der Waals surface area (Å²) in [5.41, 5.74) is 0. The van der Waals surface area contributed by atoms with Gasteiger partial charge in [-0.15, -0.1) is 0 Å². The van der Waals surface area contributed by atoms with Gasteiger partial charge < -0.3 is 10.1 Å². The second kappa shape index (κ2) is 6.85. The lowest BCUT2D eigenvalue weighted by Gasteiger charge is -2.06. The van der Waals surface area contributed by atoms with Gasteiger partial charge >= 0.3 is 0 Å². The van der Waals surface area contributed by atoms with Crippen LogP contribution in [0.2, 0.25) is 0 Å². The van der Waals surface area contributed by atoms with Crippen molar-refractivity contribution in [3.05, 3.63) is 28.7 Å². The summed E-state index contributed by atoms with van der Waals surface area (Å²) in [5, 5.41) is 10.8. The van der Waals surface area contributed by atoms with E-state index in [2.05, 4.69) is 21.2 Å². The van der Waals surface area contributed by atoms with Crippen molar-refractivity contribution in [2.45, 2.75) is 6.42 Å². The van der Waals surface area contributed by atoms with Gasteiger partial charge in [-0.1, -0.05) is 15.9 Å². The van der Waals surface area contributed by atoms with E-state index >= 15 is 0 Å². The molecular weight excluding hydrogens is 272 g/mol. The number of hydrogen-bond acceptors (Lipinski definition) is 3. The summed E-state index contributed by atoms with van der Waals surface area (Å²) in [6, 6.07) is 9.16. The molecule has 0 saturated heterocycles. The molecule has 0 aliphatic rings. The van der Waals surface area contributed by atoms with Crippen LogP contribution in [0.15, 0.2) is 28.7 Å². The van der Waals surface area contributed by atoms with Gasteiger partial charge in [0, 0.05) is 11.0 Å². The van der Waals surface area contributed by atoms with Gasteiger partial charge in [0.15, 0.2) is 6.61 Å². The summed E-state index contributed by atoms with van der Waals surface area (Å²) in [4.78, 5) is 11.2. The van der Waals surface area contributed by atoms with Gasteiger partial charge in [-0.2, -0.15) is 5.26 Å². The molecule has 0 radical (unpaired) electrons. The van der Waals surface area contributed by atoms with Gasteiger partial charge in [-0.25, -0.2) is 0 Å². The molecule has 4 nitrogen and oxygen atoms in total. The Morgan fingerprint density at radius 2 is 2.12 bits per heavy atom. The maximum atomic E-state index is 11.2. The minimum atomic E-state index is -0.224. The Balaban J connectivity index is 2.26. The van der Waals surface area contributed by atoms with Crippen molar-refractivity contribution in [1.29, 1.82) is 5.26 Å². The quantitative estimate of drug-likeness (QED) is 0.839. The van der Waals surface area contributed by atoms with E-state index in [1.165, 1.54) is 0 Å². The van der Waals surface area contributed by atoms with Crippen LogP contribution in [-0.4, -0.2) is 19.1 Å². The van der Waals surface area contributed by atoms with Crippen molar-refractivity contribution < 1.29 is 9.53 Å². The van der Waals surface area contributed by atoms with Crippen molar-refractivity contribution in [3.63, 3.8) is 0 Å². The van der Waals surface area contributed by atoms with Crippen LogP contribution >= 0.6 is 15.9 Å². The number of nitrogens with one attached hydrogen (secondary N) is 1. The first-order valence-corrected chi connectivity index (χ1v) is 5.53. The Labute approximate surface area is 102 Å². The van der Waals surface area contributed by atoms with E-state index in [1.54, 1.807) is 12.1 Å². The largest absolute Gasteiger partial charge is 0.484 e. The van der Waals surface area contributed by atoms with E-state index in [-0.39, 0.29) is 12.5 Å². The lowest BCUT2D eigenvalue weighted by molar-refractivity contribution is -0.123. The molecule has 0 heterocycles. The second-order valence-electron chi connectivity index (χ2n) is 3.00. The Bertz CT molecular complexity index is 384. The van der Waals surface area contributed by atoms with Crippen LogP contribution < -0.4 is 10.1 Å². The number of halogens is 1. The Hall–Kier alpha value is -1.54. The minimum absolute atomic E-state index is 0.0347. The van der Waals surface area contributed by atoms with Crippen LogP contribution in [0.25, 0.3) is 0 Å². The number of ether oxygens (including phenoxy) is 1. The van der Waals surface area contributed by atoms with Crippen LogP contribution in [0.5, 0.6) is 5.75 Å². The fourth-order valence-electron chi connectivity index (χ4n) is 0.989. The number of nitriles is 1. The molecule has 16 heavy (non-hydrogen) atoms. The Morgan fingerprint density at radius 1 is 1.44 bits per heavy atom. The predicted molar refractivity (Wildman–Crippen MR) is 62.9 cm³/mol. The van der Waals surface area contributed by atoms with Crippen LogP contribution in [0.1, 0.15) is 6.42 Å². The molecule has 0 unspecified atom stereocenters. The predicted octanol–water partition coefficient (Wildman–Crippen LogP) is 1.86. The zero-order valence-electron chi connectivity index (χ0n) is 8.57. The first-order chi connectivity index (χ1) is 7.72. The third kappa shape index (κ3) is 4.80. The molecule has 1 aromatic rings. The van der Waals surface area contributed by atoms with Gasteiger partial charge in [-0.3, -0.25) is 4.79 Å². The SMILES string of the molecule is N#CCCNC(=O)COc1ccc(Br)cc1. The molecule has 0 aliphatic heterocycles. The topological polar surface area (TPSA) is 62.1 Å². The number of nitrogens with zero attached hydrogens (tertiary/aromatic N) is 1. The Morgan fingerprint density at radius 3 is 2.75 bits per heavy atom. The lowest BCUT2D eigenvalue weighted by Crippen LogP contribution is -2.29. The molecule has 0 atom stereocenters. The van der Waals surface area contributed by atoms with E-state index in [4.69, 9.17) is 10.00 Å². The first kappa shape index (κ1) is 12.5. The standard InChI is InChI=1S/C11H11BrN2O2/c12-9-2-4-10(5-3-9)16-8-11(15)14-7-1-6-13/h2-5H,1,7-8H2,(H,14,15). The van der Waals surface area contributed by atoms with Crippen molar-refractivity contribution in [3.8, 4) is 11.8 Å². The van der Waals surface area contributed by atoms with Gasteiger partial charge in [-0.05, 0) is 24.3 Å². The Kier molecular flexibility index (Phi) is 5.37. The summed E-state index contributed by atoms with van der Waals surface area (Å²) in [6.07, 6.45) is 0.310. The summed E-state index contributed by atoms with van der Waals surface area (Å²) >= 11 is 3.30. The van der Waals surface area contributed by atoms with Crippen LogP contribution in [0.3, 0.4) is 0 Å². The summed E-state index contributed by atoms with van der Waals surface area (Å²) in [7, 11) is 0. The fourth-order valence-corrected chi connectivity index (χ4v) is 1.25. The molecule has 0 aliphatic carbocycles. The highest BCUT2D eigenvalue weighted by atomic mass is 79.9. The van der Waals surface area contributed by atoms with Crippen molar-refractivity contribution in [1.82, 2.24) is 5.32 Å². The third-order valence-corrected chi connectivity index (χ3v) is 2.27. The van der Waals surface area contributed by atoms with E-state index < -0.39 is 0 Å². The van der Waals surface area contributed by atoms with Crippen LogP contribution in [0, 0.1) is 11.3 Å². The molecule has 5 heteroatoms. The fraction of sp³-hybridized carbons (Fsp3) is 0.273. The summed E-state index contributed by atoms with van der Waals surface area (Å²) < 4.78 is 6.19. The van der Waals surface area contributed by atoms with Crippen molar-refractivity contribution in [2.24, 2.45) is 0 Å². The molecule has 1 amide bonds. The maximum absolute atomic E-state index is 11.2. The number of benzene rings is 1. The molecule has 1 rings (SSSR count). The summed E-state index contributed by atoms with van der Waals surface area (Å²) in [6.45, 7) is 0.325. The number of rotatable bonds is 5. The molecular formula is C11H11BrN2O2. The molecule has 0 fully saturated rings. The maximum Gasteiger partial charge on any atom is 0.257 e. The zero-order chi connectivity index (χ0) is 11.8. The van der Waals surface area contributed by atoms with Crippen molar-refractivity contribution >= 4 is 21.8 Å². The number of amides is 1. The highest BCUT2D eigenvalue weighted by Crippen LogP contribution is 2.15. The smallest absolute Gasteiger partial charge is 0.257 e.